The van der Waals surface area contributed by atoms with Gasteiger partial charge in [0.2, 0.25) is 0 Å². The first-order valence-corrected chi connectivity index (χ1v) is 8.71. The Labute approximate surface area is 167 Å². The van der Waals surface area contributed by atoms with Crippen molar-refractivity contribution < 1.29 is 32.6 Å². The molecule has 156 valence electrons. The Morgan fingerprint density at radius 1 is 1.10 bits per heavy atom. The van der Waals surface area contributed by atoms with E-state index in [1.165, 1.54) is 44.5 Å². The lowest BCUT2D eigenvalue weighted by molar-refractivity contribution is -0.122. The van der Waals surface area contributed by atoms with Crippen molar-refractivity contribution in [3.8, 4) is 17.2 Å². The molecule has 0 saturated carbocycles. The second-order valence-electron chi connectivity index (χ2n) is 5.97. The number of carbonyl (C=O) groups is 2. The van der Waals surface area contributed by atoms with Crippen molar-refractivity contribution in [3.05, 3.63) is 53.6 Å². The van der Waals surface area contributed by atoms with E-state index >= 15 is 0 Å². The third-order valence-corrected chi connectivity index (χ3v) is 3.99. The van der Waals surface area contributed by atoms with Crippen LogP contribution in [0.2, 0.25) is 0 Å². The Hall–Kier alpha value is -3.36. The van der Waals surface area contributed by atoms with Crippen LogP contribution < -0.4 is 24.8 Å². The van der Waals surface area contributed by atoms with Crippen LogP contribution in [0.25, 0.3) is 0 Å². The van der Waals surface area contributed by atoms with Gasteiger partial charge in [0.25, 0.3) is 11.8 Å². The van der Waals surface area contributed by atoms with Gasteiger partial charge in [0, 0.05) is 12.6 Å². The van der Waals surface area contributed by atoms with E-state index in [9.17, 15) is 18.4 Å². The third kappa shape index (κ3) is 6.34. The first-order chi connectivity index (χ1) is 13.8. The van der Waals surface area contributed by atoms with E-state index in [0.717, 1.165) is 0 Å². The van der Waals surface area contributed by atoms with Crippen molar-refractivity contribution in [2.75, 3.05) is 20.8 Å². The molecule has 29 heavy (non-hydrogen) atoms. The number of methoxy groups -OCH3 is 1. The quantitative estimate of drug-likeness (QED) is 0.666. The number of ether oxygens (including phenoxy) is 3. The molecule has 0 heterocycles. The zero-order valence-electron chi connectivity index (χ0n) is 16.2. The average molecular weight is 408 g/mol. The molecule has 0 fully saturated rings. The molecule has 0 bridgehead atoms. The van der Waals surface area contributed by atoms with Crippen molar-refractivity contribution >= 4 is 11.8 Å². The SMILES string of the molecule is CNC(=O)COc1ccc(C(=O)NC(C)c2cccc(OC(F)F)c2)cc1OC. The van der Waals surface area contributed by atoms with E-state index in [1.807, 2.05) is 0 Å². The van der Waals surface area contributed by atoms with E-state index in [-0.39, 0.29) is 18.3 Å². The number of carbonyl (C=O) groups excluding carboxylic acids is 2. The van der Waals surface area contributed by atoms with E-state index in [1.54, 1.807) is 19.1 Å². The molecule has 1 atom stereocenters. The molecule has 2 rings (SSSR count). The monoisotopic (exact) mass is 408 g/mol. The number of alkyl halides is 2. The summed E-state index contributed by atoms with van der Waals surface area (Å²) in [6, 6.07) is 10.2. The Morgan fingerprint density at radius 2 is 1.86 bits per heavy atom. The van der Waals surface area contributed by atoms with Gasteiger partial charge in [0.05, 0.1) is 13.2 Å². The van der Waals surface area contributed by atoms with Crippen LogP contribution in [0, 0.1) is 0 Å². The fraction of sp³-hybridized carbons (Fsp3) is 0.300. The molecule has 0 aromatic heterocycles. The van der Waals surface area contributed by atoms with Crippen LogP contribution in [0.4, 0.5) is 8.78 Å². The Morgan fingerprint density at radius 3 is 2.52 bits per heavy atom. The minimum Gasteiger partial charge on any atom is -0.493 e. The van der Waals surface area contributed by atoms with Gasteiger partial charge >= 0.3 is 6.61 Å². The number of hydrogen-bond donors (Lipinski definition) is 2. The van der Waals surface area contributed by atoms with Crippen molar-refractivity contribution in [3.63, 3.8) is 0 Å². The average Bonchev–Trinajstić information content (AvgIpc) is 2.71. The molecule has 0 saturated heterocycles. The summed E-state index contributed by atoms with van der Waals surface area (Å²) < 4.78 is 39.7. The summed E-state index contributed by atoms with van der Waals surface area (Å²) in [6.07, 6.45) is 0. The van der Waals surface area contributed by atoms with E-state index in [4.69, 9.17) is 9.47 Å². The van der Waals surface area contributed by atoms with Gasteiger partial charge in [-0.15, -0.1) is 0 Å². The molecule has 0 aliphatic rings. The Balaban J connectivity index is 2.09. The molecule has 0 aliphatic carbocycles. The largest absolute Gasteiger partial charge is 0.493 e. The highest BCUT2D eigenvalue weighted by Crippen LogP contribution is 2.28. The first kappa shape index (κ1) is 21.9. The molecule has 7 nitrogen and oxygen atoms in total. The van der Waals surface area contributed by atoms with Gasteiger partial charge in [-0.05, 0) is 42.8 Å². The number of amides is 2. The van der Waals surface area contributed by atoms with Crippen molar-refractivity contribution in [1.82, 2.24) is 10.6 Å². The summed E-state index contributed by atoms with van der Waals surface area (Å²) in [5.41, 5.74) is 0.912. The predicted octanol–water partition coefficient (Wildman–Crippen LogP) is 2.91. The van der Waals surface area contributed by atoms with Gasteiger partial charge in [0.15, 0.2) is 18.1 Å². The Bertz CT molecular complexity index is 861. The fourth-order valence-corrected chi connectivity index (χ4v) is 2.47. The van der Waals surface area contributed by atoms with Crippen LogP contribution in [0.3, 0.4) is 0 Å². The zero-order valence-corrected chi connectivity index (χ0v) is 16.2. The van der Waals surface area contributed by atoms with Crippen LogP contribution >= 0.6 is 0 Å². The molecule has 2 N–H and O–H groups in total. The predicted molar refractivity (Wildman–Crippen MR) is 102 cm³/mol. The number of hydrogen-bond acceptors (Lipinski definition) is 5. The summed E-state index contributed by atoms with van der Waals surface area (Å²) in [7, 11) is 2.91. The molecule has 1 unspecified atom stereocenters. The lowest BCUT2D eigenvalue weighted by Gasteiger charge is -2.16. The highest BCUT2D eigenvalue weighted by molar-refractivity contribution is 5.95. The maximum atomic E-state index is 12.6. The van der Waals surface area contributed by atoms with Gasteiger partial charge in [0.1, 0.15) is 5.75 Å². The lowest BCUT2D eigenvalue weighted by Crippen LogP contribution is -2.27. The van der Waals surface area contributed by atoms with Gasteiger partial charge in [-0.25, -0.2) is 0 Å². The second kappa shape index (κ2) is 10.3. The van der Waals surface area contributed by atoms with Gasteiger partial charge in [-0.1, -0.05) is 12.1 Å². The zero-order chi connectivity index (χ0) is 21.4. The topological polar surface area (TPSA) is 85.9 Å². The molecule has 2 aromatic carbocycles. The fourth-order valence-electron chi connectivity index (χ4n) is 2.47. The van der Waals surface area contributed by atoms with E-state index < -0.39 is 18.6 Å². The van der Waals surface area contributed by atoms with Crippen molar-refractivity contribution in [1.29, 1.82) is 0 Å². The van der Waals surface area contributed by atoms with E-state index in [0.29, 0.717) is 22.6 Å². The highest BCUT2D eigenvalue weighted by atomic mass is 19.3. The molecule has 2 amide bonds. The normalized spacial score (nSPS) is 11.5. The molecule has 2 aromatic rings. The van der Waals surface area contributed by atoms with E-state index in [2.05, 4.69) is 15.4 Å². The third-order valence-electron chi connectivity index (χ3n) is 3.99. The van der Waals surface area contributed by atoms with Crippen LogP contribution in [-0.2, 0) is 4.79 Å². The molecule has 0 aliphatic heterocycles. The van der Waals surface area contributed by atoms with Crippen LogP contribution in [0.1, 0.15) is 28.9 Å². The van der Waals surface area contributed by atoms with Crippen molar-refractivity contribution in [2.45, 2.75) is 19.6 Å². The van der Waals surface area contributed by atoms with Crippen LogP contribution in [-0.4, -0.2) is 39.2 Å². The maximum Gasteiger partial charge on any atom is 0.387 e. The first-order valence-electron chi connectivity index (χ1n) is 8.71. The van der Waals surface area contributed by atoms with Crippen LogP contribution in [0.15, 0.2) is 42.5 Å². The molecular formula is C20H22F2N2O5. The highest BCUT2D eigenvalue weighted by Gasteiger charge is 2.16. The number of halogens is 2. The number of benzene rings is 2. The summed E-state index contributed by atoms with van der Waals surface area (Å²) in [5.74, 6) is -0.0773. The summed E-state index contributed by atoms with van der Waals surface area (Å²) in [5, 5.41) is 5.21. The molecular weight excluding hydrogens is 386 g/mol. The molecule has 9 heteroatoms. The number of nitrogens with one attached hydrogen (secondary N) is 2. The van der Waals surface area contributed by atoms with Gasteiger partial charge in [-0.2, -0.15) is 8.78 Å². The molecule has 0 radical (unpaired) electrons. The number of likely N-dealkylation sites (N-methyl/N-ethyl adjacent to an activating group) is 1. The lowest BCUT2D eigenvalue weighted by atomic mass is 10.1. The van der Waals surface area contributed by atoms with Gasteiger partial charge < -0.3 is 24.8 Å². The Kier molecular flexibility index (Phi) is 7.76. The summed E-state index contributed by atoms with van der Waals surface area (Å²) >= 11 is 0. The van der Waals surface area contributed by atoms with Crippen molar-refractivity contribution in [2.24, 2.45) is 0 Å². The smallest absolute Gasteiger partial charge is 0.387 e. The molecule has 0 spiro atoms. The maximum absolute atomic E-state index is 12.6. The minimum absolute atomic E-state index is 0.0119. The minimum atomic E-state index is -2.92. The summed E-state index contributed by atoms with van der Waals surface area (Å²) in [6.45, 7) is -1.39. The van der Waals surface area contributed by atoms with Gasteiger partial charge in [-0.3, -0.25) is 9.59 Å². The number of rotatable bonds is 9. The van der Waals surface area contributed by atoms with Crippen LogP contribution in [0.5, 0.6) is 17.2 Å². The standard InChI is InChI=1S/C20H22F2N2O5/c1-12(13-5-4-6-15(9-13)29-20(21)22)24-19(26)14-7-8-16(17(10-14)27-3)28-11-18(25)23-2/h4-10,12,20H,11H2,1-3H3,(H,23,25)(H,24,26). The summed E-state index contributed by atoms with van der Waals surface area (Å²) in [4.78, 5) is 23.9. The second-order valence-corrected chi connectivity index (χ2v) is 5.97.